The van der Waals surface area contributed by atoms with E-state index in [2.05, 4.69) is 0 Å². The number of benzene rings is 1. The largest absolute Gasteiger partial charge is 0.494 e. The van der Waals surface area contributed by atoms with Crippen LogP contribution in [0.2, 0.25) is 0 Å². The van der Waals surface area contributed by atoms with E-state index in [1.54, 1.807) is 4.90 Å². The first-order chi connectivity index (χ1) is 19.3. The lowest BCUT2D eigenvalue weighted by Crippen LogP contribution is -2.58. The van der Waals surface area contributed by atoms with Gasteiger partial charge < -0.3 is 29.3 Å². The normalized spacial score (nSPS) is 34.0. The van der Waals surface area contributed by atoms with Crippen molar-refractivity contribution in [2.75, 3.05) is 37.7 Å². The van der Waals surface area contributed by atoms with Crippen molar-refractivity contribution in [1.29, 1.82) is 0 Å². The molecule has 1 N–H and O–H groups in total. The van der Waals surface area contributed by atoms with Gasteiger partial charge in [-0.2, -0.15) is 0 Å². The highest BCUT2D eigenvalue weighted by molar-refractivity contribution is 6.04. The van der Waals surface area contributed by atoms with E-state index in [0.717, 1.165) is 31.4 Å². The number of fused-ring (bicyclic) bond motifs is 2. The molecule has 9 nitrogen and oxygen atoms in total. The van der Waals surface area contributed by atoms with Gasteiger partial charge in [0.15, 0.2) is 0 Å². The minimum absolute atomic E-state index is 0.0132. The predicted molar refractivity (Wildman–Crippen MR) is 149 cm³/mol. The first-order valence-electron chi connectivity index (χ1n) is 14.7. The molecule has 1 spiro atoms. The number of nitrogens with zero attached hydrogens (tertiary/aromatic N) is 3. The highest BCUT2D eigenvalue weighted by Crippen LogP contribution is 2.57. The predicted octanol–water partition coefficient (Wildman–Crippen LogP) is 2.68. The Balaban J connectivity index is 1.40. The quantitative estimate of drug-likeness (QED) is 0.548. The third kappa shape index (κ3) is 4.08. The summed E-state index contributed by atoms with van der Waals surface area (Å²) >= 11 is 0. The molecule has 0 radical (unpaired) electrons. The summed E-state index contributed by atoms with van der Waals surface area (Å²) in [6.45, 7) is 4.83. The average molecular weight is 550 g/mol. The van der Waals surface area contributed by atoms with Crippen molar-refractivity contribution >= 4 is 23.4 Å². The monoisotopic (exact) mass is 549 g/mol. The second-order valence-corrected chi connectivity index (χ2v) is 11.7. The van der Waals surface area contributed by atoms with Crippen LogP contribution in [0.5, 0.6) is 5.75 Å². The molecule has 214 valence electrons. The number of amides is 3. The molecule has 1 unspecified atom stereocenters. The Bertz CT molecular complexity index is 1220. The van der Waals surface area contributed by atoms with Gasteiger partial charge in [0.1, 0.15) is 17.4 Å². The molecule has 4 heterocycles. The highest BCUT2D eigenvalue weighted by Gasteiger charge is 2.74. The van der Waals surface area contributed by atoms with Crippen molar-refractivity contribution < 1.29 is 29.0 Å². The van der Waals surface area contributed by atoms with Gasteiger partial charge in [-0.15, -0.1) is 0 Å². The average Bonchev–Trinajstić information content (AvgIpc) is 3.21. The van der Waals surface area contributed by atoms with E-state index in [1.807, 2.05) is 67.3 Å². The number of hydrogen-bond acceptors (Lipinski definition) is 6. The lowest BCUT2D eigenvalue weighted by Gasteiger charge is -2.40. The Morgan fingerprint density at radius 3 is 2.38 bits per heavy atom. The summed E-state index contributed by atoms with van der Waals surface area (Å²) in [5.41, 5.74) is -1.67. The molecule has 1 saturated carbocycles. The number of carbonyl (C=O) groups is 3. The third-order valence-corrected chi connectivity index (χ3v) is 9.40. The van der Waals surface area contributed by atoms with E-state index in [-0.39, 0.29) is 36.9 Å². The van der Waals surface area contributed by atoms with Crippen LogP contribution in [0.1, 0.15) is 46.0 Å². The molecular weight excluding hydrogens is 510 g/mol. The van der Waals surface area contributed by atoms with Gasteiger partial charge in [0.2, 0.25) is 17.7 Å². The first-order valence-corrected chi connectivity index (χ1v) is 14.7. The van der Waals surface area contributed by atoms with E-state index in [0.29, 0.717) is 25.4 Å². The maximum atomic E-state index is 14.4. The lowest BCUT2D eigenvalue weighted by molar-refractivity contribution is -0.153. The molecule has 1 aliphatic carbocycles. The zero-order valence-corrected chi connectivity index (χ0v) is 23.3. The molecule has 40 heavy (non-hydrogen) atoms. The Kier molecular flexibility index (Phi) is 6.99. The number of ether oxygens (including phenoxy) is 2. The number of aliphatic hydroxyl groups excluding tert-OH is 1. The fourth-order valence-corrected chi connectivity index (χ4v) is 7.73. The Morgan fingerprint density at radius 1 is 0.950 bits per heavy atom. The fourth-order valence-electron chi connectivity index (χ4n) is 7.73. The van der Waals surface area contributed by atoms with Crippen LogP contribution in [0.4, 0.5) is 5.69 Å². The molecule has 5 atom stereocenters. The number of hydrogen-bond donors (Lipinski definition) is 1. The molecule has 3 fully saturated rings. The van der Waals surface area contributed by atoms with Crippen LogP contribution in [-0.4, -0.2) is 88.8 Å². The van der Waals surface area contributed by atoms with Crippen LogP contribution in [0, 0.1) is 11.8 Å². The fraction of sp³-hybridized carbons (Fsp3) is 0.581. The molecule has 9 heteroatoms. The smallest absolute Gasteiger partial charge is 0.249 e. The standard InChI is InChI=1S/C31H39N3O6/c1-3-39-23-13-11-22(12-14-23)32-17-7-15-30(2)24(27(32)36)25-28(37)34(19-20-35)26-29(38)33(21-9-5-4-6-10-21)18-8-16-31(25,26)40-30/h7-8,11-16,21,24-26,35H,3-6,9-10,17-20H2,1-2H3/t24-,25+,26?,30+,31+/m1/s1. The number of aliphatic hydroxyl groups is 1. The van der Waals surface area contributed by atoms with Crippen molar-refractivity contribution in [3.05, 3.63) is 48.6 Å². The molecule has 0 aromatic heterocycles. The molecule has 2 saturated heterocycles. The molecule has 3 amide bonds. The molecule has 4 aliphatic heterocycles. The van der Waals surface area contributed by atoms with Gasteiger partial charge in [0.25, 0.3) is 0 Å². The maximum Gasteiger partial charge on any atom is 0.249 e. The summed E-state index contributed by atoms with van der Waals surface area (Å²) in [6.07, 6.45) is 12.8. The van der Waals surface area contributed by atoms with Crippen LogP contribution in [-0.2, 0) is 19.1 Å². The lowest BCUT2D eigenvalue weighted by atomic mass is 9.74. The van der Waals surface area contributed by atoms with Gasteiger partial charge in [0, 0.05) is 31.4 Å². The summed E-state index contributed by atoms with van der Waals surface area (Å²) in [7, 11) is 0. The van der Waals surface area contributed by atoms with Crippen LogP contribution < -0.4 is 9.64 Å². The number of likely N-dealkylation sites (tertiary alicyclic amines) is 1. The summed E-state index contributed by atoms with van der Waals surface area (Å²) in [5.74, 6) is -1.69. The summed E-state index contributed by atoms with van der Waals surface area (Å²) in [6, 6.07) is 6.54. The van der Waals surface area contributed by atoms with Gasteiger partial charge in [-0.1, -0.05) is 43.6 Å². The molecule has 5 aliphatic rings. The van der Waals surface area contributed by atoms with Gasteiger partial charge >= 0.3 is 0 Å². The molecule has 1 aromatic carbocycles. The number of rotatable bonds is 6. The maximum absolute atomic E-state index is 14.4. The minimum atomic E-state index is -1.30. The van der Waals surface area contributed by atoms with Crippen molar-refractivity contribution in [3.8, 4) is 5.75 Å². The molecule has 0 bridgehead atoms. The van der Waals surface area contributed by atoms with E-state index >= 15 is 0 Å². The third-order valence-electron chi connectivity index (χ3n) is 9.40. The van der Waals surface area contributed by atoms with Gasteiger partial charge in [-0.05, 0) is 51.0 Å². The Hall–Kier alpha value is -3.17. The van der Waals surface area contributed by atoms with E-state index in [4.69, 9.17) is 9.47 Å². The zero-order chi connectivity index (χ0) is 28.1. The van der Waals surface area contributed by atoms with Crippen LogP contribution in [0.15, 0.2) is 48.6 Å². The SMILES string of the molecule is CCOc1ccc(N2CC=C[C@]3(C)O[C@]45C=CCN(C6CCCCC6)C(=O)C4N(CCO)C(=O)[C@@H]5[C@@H]3C2=O)cc1. The van der Waals surface area contributed by atoms with Crippen LogP contribution in [0.3, 0.4) is 0 Å². The number of β-amino-alcohol motifs (C(OH)–C–C–N with tert-alkyl or cyclic N) is 1. The van der Waals surface area contributed by atoms with Crippen molar-refractivity contribution in [2.24, 2.45) is 11.8 Å². The highest BCUT2D eigenvalue weighted by atomic mass is 16.5. The van der Waals surface area contributed by atoms with Crippen molar-refractivity contribution in [2.45, 2.75) is 69.2 Å². The van der Waals surface area contributed by atoms with E-state index in [1.165, 1.54) is 11.3 Å². The Labute approximate surface area is 235 Å². The van der Waals surface area contributed by atoms with Gasteiger partial charge in [-0.3, -0.25) is 14.4 Å². The Morgan fingerprint density at radius 2 is 1.68 bits per heavy atom. The van der Waals surface area contributed by atoms with E-state index in [9.17, 15) is 19.5 Å². The zero-order valence-electron chi connectivity index (χ0n) is 23.3. The van der Waals surface area contributed by atoms with Gasteiger partial charge in [0.05, 0.1) is 30.7 Å². The van der Waals surface area contributed by atoms with E-state index < -0.39 is 29.1 Å². The molecule has 1 aromatic rings. The van der Waals surface area contributed by atoms with Crippen LogP contribution in [0.25, 0.3) is 0 Å². The number of carbonyl (C=O) groups excluding carboxylic acids is 3. The van der Waals surface area contributed by atoms with Crippen molar-refractivity contribution in [3.63, 3.8) is 0 Å². The van der Waals surface area contributed by atoms with Crippen LogP contribution >= 0.6 is 0 Å². The van der Waals surface area contributed by atoms with Crippen molar-refractivity contribution in [1.82, 2.24) is 9.80 Å². The summed E-state index contributed by atoms with van der Waals surface area (Å²) < 4.78 is 12.4. The summed E-state index contributed by atoms with van der Waals surface area (Å²) in [5, 5.41) is 9.92. The van der Waals surface area contributed by atoms with Gasteiger partial charge in [-0.25, -0.2) is 0 Å². The summed E-state index contributed by atoms with van der Waals surface area (Å²) in [4.78, 5) is 48.0. The topological polar surface area (TPSA) is 99.6 Å². The molecule has 6 rings (SSSR count). The number of anilines is 1. The second-order valence-electron chi connectivity index (χ2n) is 11.7. The minimum Gasteiger partial charge on any atom is -0.494 e. The second kappa shape index (κ2) is 10.3. The molecular formula is C31H39N3O6. The first kappa shape index (κ1) is 27.0.